The number of rotatable bonds is 2. The number of benzene rings is 1. The summed E-state index contributed by atoms with van der Waals surface area (Å²) in [6.45, 7) is 1.73. The van der Waals surface area contributed by atoms with E-state index in [1.165, 1.54) is 18.2 Å². The molecule has 1 amide bonds. The van der Waals surface area contributed by atoms with Crippen LogP contribution in [0.1, 0.15) is 16.8 Å². The first kappa shape index (κ1) is 12.3. The Kier molecular flexibility index (Phi) is 3.64. The van der Waals surface area contributed by atoms with Crippen molar-refractivity contribution < 1.29 is 9.18 Å². The lowest BCUT2D eigenvalue weighted by atomic mass is 10.1. The first-order valence-corrected chi connectivity index (χ1v) is 5.90. The molecule has 5 heteroatoms. The fourth-order valence-electron chi connectivity index (χ4n) is 1.97. The van der Waals surface area contributed by atoms with Gasteiger partial charge in [-0.15, -0.1) is 0 Å². The smallest absolute Gasteiger partial charge is 0.253 e. The molecule has 92 valence electrons. The summed E-state index contributed by atoms with van der Waals surface area (Å²) in [4.78, 5) is 13.8. The average Bonchev–Trinajstić information content (AvgIpc) is 2.84. The van der Waals surface area contributed by atoms with Gasteiger partial charge in [0, 0.05) is 25.2 Å². The van der Waals surface area contributed by atoms with Crippen molar-refractivity contribution in [2.45, 2.75) is 12.5 Å². The first-order valence-electron chi connectivity index (χ1n) is 5.52. The van der Waals surface area contributed by atoms with E-state index in [9.17, 15) is 9.18 Å². The van der Waals surface area contributed by atoms with Gasteiger partial charge in [0.2, 0.25) is 0 Å². The topological polar surface area (TPSA) is 32.3 Å². The maximum atomic E-state index is 13.0. The van der Waals surface area contributed by atoms with Crippen LogP contribution < -0.4 is 5.32 Å². The highest BCUT2D eigenvalue weighted by atomic mass is 35.5. The number of hydrogen-bond acceptors (Lipinski definition) is 2. The minimum absolute atomic E-state index is 0.0196. The van der Waals surface area contributed by atoms with Crippen molar-refractivity contribution >= 4 is 17.5 Å². The largest absolute Gasteiger partial charge is 0.337 e. The lowest BCUT2D eigenvalue weighted by Gasteiger charge is -2.23. The van der Waals surface area contributed by atoms with E-state index in [1.54, 1.807) is 11.9 Å². The molecule has 1 heterocycles. The van der Waals surface area contributed by atoms with E-state index in [2.05, 4.69) is 5.32 Å². The Hall–Kier alpha value is -1.13. The summed E-state index contributed by atoms with van der Waals surface area (Å²) in [6, 6.07) is 4.25. The second-order valence-electron chi connectivity index (χ2n) is 4.19. The number of nitrogens with one attached hydrogen (secondary N) is 1. The van der Waals surface area contributed by atoms with E-state index in [1.807, 2.05) is 0 Å². The predicted molar refractivity (Wildman–Crippen MR) is 64.8 cm³/mol. The minimum atomic E-state index is -0.506. The molecule has 1 aliphatic heterocycles. The van der Waals surface area contributed by atoms with Crippen LogP contribution in [0.3, 0.4) is 0 Å². The number of nitrogens with zero attached hydrogens (tertiary/aromatic N) is 1. The van der Waals surface area contributed by atoms with Gasteiger partial charge in [0.05, 0.1) is 5.02 Å². The van der Waals surface area contributed by atoms with Crippen molar-refractivity contribution in [3.8, 4) is 0 Å². The number of halogens is 2. The molecule has 3 nitrogen and oxygen atoms in total. The standard InChI is InChI=1S/C12H14ClFN2O/c1-16(9-4-5-15-7-9)12(17)8-2-3-11(14)10(13)6-8/h2-3,6,9,15H,4-5,7H2,1H3/t9-/m1/s1. The molecular weight excluding hydrogens is 243 g/mol. The zero-order valence-electron chi connectivity index (χ0n) is 9.54. The molecule has 2 rings (SSSR count). The molecule has 0 aromatic heterocycles. The van der Waals surface area contributed by atoms with Gasteiger partial charge in [-0.25, -0.2) is 4.39 Å². The Balaban J connectivity index is 2.15. The molecule has 1 aliphatic rings. The Labute approximate surface area is 105 Å². The van der Waals surface area contributed by atoms with Gasteiger partial charge in [0.1, 0.15) is 5.82 Å². The van der Waals surface area contributed by atoms with Gasteiger partial charge in [-0.1, -0.05) is 11.6 Å². The maximum absolute atomic E-state index is 13.0. The molecule has 1 N–H and O–H groups in total. The van der Waals surface area contributed by atoms with Crippen LogP contribution in [0.4, 0.5) is 4.39 Å². The minimum Gasteiger partial charge on any atom is -0.337 e. The molecule has 0 spiro atoms. The first-order chi connectivity index (χ1) is 8.09. The summed E-state index contributed by atoms with van der Waals surface area (Å²) >= 11 is 5.66. The monoisotopic (exact) mass is 256 g/mol. The van der Waals surface area contributed by atoms with Gasteiger partial charge in [-0.2, -0.15) is 0 Å². The third-order valence-electron chi connectivity index (χ3n) is 3.07. The fourth-order valence-corrected chi connectivity index (χ4v) is 2.15. The third-order valence-corrected chi connectivity index (χ3v) is 3.36. The molecule has 1 atom stereocenters. The SMILES string of the molecule is CN(C(=O)c1ccc(F)c(Cl)c1)[C@@H]1CCNC1. The van der Waals surface area contributed by atoms with E-state index >= 15 is 0 Å². The van der Waals surface area contributed by atoms with E-state index in [0.717, 1.165) is 19.5 Å². The number of carbonyl (C=O) groups is 1. The van der Waals surface area contributed by atoms with Crippen LogP contribution in [0, 0.1) is 5.82 Å². The molecule has 1 saturated heterocycles. The van der Waals surface area contributed by atoms with Crippen LogP contribution in [0.2, 0.25) is 5.02 Å². The van der Waals surface area contributed by atoms with Crippen molar-refractivity contribution in [2.24, 2.45) is 0 Å². The normalized spacial score (nSPS) is 19.4. The molecule has 0 radical (unpaired) electrons. The molecule has 1 aromatic rings. The zero-order valence-corrected chi connectivity index (χ0v) is 10.3. The van der Waals surface area contributed by atoms with Gasteiger partial charge < -0.3 is 10.2 Å². The van der Waals surface area contributed by atoms with Crippen LogP contribution >= 0.6 is 11.6 Å². The van der Waals surface area contributed by atoms with Gasteiger partial charge in [-0.05, 0) is 31.2 Å². The second-order valence-corrected chi connectivity index (χ2v) is 4.60. The summed E-state index contributed by atoms with van der Waals surface area (Å²) in [7, 11) is 1.76. The van der Waals surface area contributed by atoms with Crippen LogP contribution in [-0.4, -0.2) is 37.0 Å². The highest BCUT2D eigenvalue weighted by molar-refractivity contribution is 6.31. The van der Waals surface area contributed by atoms with Crippen molar-refractivity contribution in [3.63, 3.8) is 0 Å². The van der Waals surface area contributed by atoms with Crippen LogP contribution in [0.5, 0.6) is 0 Å². The predicted octanol–water partition coefficient (Wildman–Crippen LogP) is 1.91. The lowest BCUT2D eigenvalue weighted by molar-refractivity contribution is 0.0743. The molecule has 17 heavy (non-hydrogen) atoms. The molecular formula is C12H14ClFN2O. The molecule has 0 saturated carbocycles. The lowest BCUT2D eigenvalue weighted by Crippen LogP contribution is -2.38. The summed E-state index contributed by atoms with van der Waals surface area (Å²) in [6.07, 6.45) is 0.942. The van der Waals surface area contributed by atoms with Crippen LogP contribution in [-0.2, 0) is 0 Å². The molecule has 0 aliphatic carbocycles. The Morgan fingerprint density at radius 1 is 1.59 bits per heavy atom. The number of likely N-dealkylation sites (N-methyl/N-ethyl adjacent to an activating group) is 1. The van der Waals surface area contributed by atoms with Gasteiger partial charge in [0.15, 0.2) is 0 Å². The summed E-state index contributed by atoms with van der Waals surface area (Å²) in [5.41, 5.74) is 0.422. The van der Waals surface area contributed by atoms with Crippen LogP contribution in [0.15, 0.2) is 18.2 Å². The van der Waals surface area contributed by atoms with Crippen molar-refractivity contribution in [3.05, 3.63) is 34.6 Å². The van der Waals surface area contributed by atoms with Crippen molar-refractivity contribution in [1.29, 1.82) is 0 Å². The van der Waals surface area contributed by atoms with E-state index < -0.39 is 5.82 Å². The molecule has 1 fully saturated rings. The quantitative estimate of drug-likeness (QED) is 0.877. The van der Waals surface area contributed by atoms with Gasteiger partial charge in [-0.3, -0.25) is 4.79 Å². The van der Waals surface area contributed by atoms with Gasteiger partial charge in [0.25, 0.3) is 5.91 Å². The highest BCUT2D eigenvalue weighted by Crippen LogP contribution is 2.18. The molecule has 0 unspecified atom stereocenters. The summed E-state index contributed by atoms with van der Waals surface area (Å²) in [5, 5.41) is 3.18. The van der Waals surface area contributed by atoms with E-state index in [-0.39, 0.29) is 17.0 Å². The third kappa shape index (κ3) is 2.58. The Morgan fingerprint density at radius 2 is 2.35 bits per heavy atom. The number of carbonyl (C=O) groups excluding carboxylic acids is 1. The Morgan fingerprint density at radius 3 is 2.94 bits per heavy atom. The fraction of sp³-hybridized carbons (Fsp3) is 0.417. The summed E-state index contributed by atoms with van der Waals surface area (Å²) < 4.78 is 13.0. The average molecular weight is 257 g/mol. The second kappa shape index (κ2) is 5.02. The van der Waals surface area contributed by atoms with E-state index in [0.29, 0.717) is 5.56 Å². The van der Waals surface area contributed by atoms with Crippen molar-refractivity contribution in [2.75, 3.05) is 20.1 Å². The Bertz CT molecular complexity index is 433. The van der Waals surface area contributed by atoms with Crippen LogP contribution in [0.25, 0.3) is 0 Å². The summed E-state index contributed by atoms with van der Waals surface area (Å²) in [5.74, 6) is -0.631. The molecule has 1 aromatic carbocycles. The number of amides is 1. The maximum Gasteiger partial charge on any atom is 0.253 e. The molecule has 0 bridgehead atoms. The van der Waals surface area contributed by atoms with Gasteiger partial charge >= 0.3 is 0 Å². The highest BCUT2D eigenvalue weighted by Gasteiger charge is 2.24. The number of hydrogen-bond donors (Lipinski definition) is 1. The van der Waals surface area contributed by atoms with Crippen molar-refractivity contribution in [1.82, 2.24) is 10.2 Å². The zero-order chi connectivity index (χ0) is 12.4. The van der Waals surface area contributed by atoms with E-state index in [4.69, 9.17) is 11.6 Å².